The van der Waals surface area contributed by atoms with E-state index >= 15 is 0 Å². The number of amides is 2. The minimum absolute atomic E-state index is 0.0749. The van der Waals surface area contributed by atoms with Crippen molar-refractivity contribution in [3.05, 3.63) is 59.7 Å². The molecular weight excluding hydrogens is 392 g/mol. The summed E-state index contributed by atoms with van der Waals surface area (Å²) in [6.45, 7) is 6.42. The number of nitrogens with two attached hydrogens (primary N) is 2. The zero-order chi connectivity index (χ0) is 22.6. The molecule has 5 N–H and O–H groups in total. The summed E-state index contributed by atoms with van der Waals surface area (Å²) in [5, 5.41) is 2.90. The number of rotatable bonds is 12. The molecule has 2 rings (SSSR count). The van der Waals surface area contributed by atoms with E-state index in [1.807, 2.05) is 43.0 Å². The molecule has 0 unspecified atom stereocenters. The Labute approximate surface area is 184 Å². The number of unbranched alkanes of at least 4 members (excludes halogenated alkanes) is 1. The third-order valence-electron chi connectivity index (χ3n) is 4.91. The minimum Gasteiger partial charge on any atom is -0.492 e. The van der Waals surface area contributed by atoms with Gasteiger partial charge in [-0.1, -0.05) is 26.0 Å². The Morgan fingerprint density at radius 2 is 1.68 bits per heavy atom. The lowest BCUT2D eigenvalue weighted by Crippen LogP contribution is -2.38. The van der Waals surface area contributed by atoms with Crippen LogP contribution in [0, 0.1) is 5.92 Å². The van der Waals surface area contributed by atoms with E-state index in [1.54, 1.807) is 24.3 Å². The van der Waals surface area contributed by atoms with Crippen LogP contribution in [0.1, 0.15) is 42.6 Å². The van der Waals surface area contributed by atoms with Crippen molar-refractivity contribution >= 4 is 17.5 Å². The molecule has 0 aliphatic rings. The second-order valence-corrected chi connectivity index (χ2v) is 7.76. The lowest BCUT2D eigenvalue weighted by atomic mass is 10.1. The molecule has 0 fully saturated rings. The van der Waals surface area contributed by atoms with Gasteiger partial charge >= 0.3 is 0 Å². The fourth-order valence-corrected chi connectivity index (χ4v) is 3.06. The fourth-order valence-electron chi connectivity index (χ4n) is 3.06. The molecule has 0 aliphatic heterocycles. The Morgan fingerprint density at radius 1 is 1.00 bits per heavy atom. The first-order valence-electron chi connectivity index (χ1n) is 10.7. The van der Waals surface area contributed by atoms with Gasteiger partial charge in [0.2, 0.25) is 5.91 Å². The van der Waals surface area contributed by atoms with E-state index in [4.69, 9.17) is 16.2 Å². The summed E-state index contributed by atoms with van der Waals surface area (Å²) in [5.41, 5.74) is 13.5. The summed E-state index contributed by atoms with van der Waals surface area (Å²) in [7, 11) is 0. The topological polar surface area (TPSA) is 111 Å². The number of hydrogen-bond acceptors (Lipinski definition) is 5. The highest BCUT2D eigenvalue weighted by Crippen LogP contribution is 2.12. The molecule has 2 amide bonds. The number of benzene rings is 2. The van der Waals surface area contributed by atoms with Crippen LogP contribution in [0.2, 0.25) is 0 Å². The van der Waals surface area contributed by atoms with Crippen LogP contribution in [0.25, 0.3) is 0 Å². The normalized spacial score (nSPS) is 10.7. The third-order valence-corrected chi connectivity index (χ3v) is 4.91. The van der Waals surface area contributed by atoms with Gasteiger partial charge in [-0.2, -0.15) is 0 Å². The predicted molar refractivity (Wildman–Crippen MR) is 124 cm³/mol. The third kappa shape index (κ3) is 8.30. The van der Waals surface area contributed by atoms with Crippen molar-refractivity contribution in [3.63, 3.8) is 0 Å². The molecule has 2 aromatic rings. The van der Waals surface area contributed by atoms with Crippen molar-refractivity contribution < 1.29 is 14.3 Å². The van der Waals surface area contributed by atoms with Gasteiger partial charge < -0.3 is 26.4 Å². The number of carbonyl (C=O) groups excluding carboxylic acids is 2. The molecule has 31 heavy (non-hydrogen) atoms. The van der Waals surface area contributed by atoms with Gasteiger partial charge in [-0.05, 0) is 54.8 Å². The molecule has 0 saturated heterocycles. The van der Waals surface area contributed by atoms with Gasteiger partial charge in [-0.3, -0.25) is 9.59 Å². The quantitative estimate of drug-likeness (QED) is 0.357. The van der Waals surface area contributed by atoms with E-state index in [-0.39, 0.29) is 17.7 Å². The SMILES string of the molecule is CC(C)C(=O)N(CCCCNC(=O)c1ccc(N)cc1)CCOc1ccc(CN)cc1. The second-order valence-electron chi connectivity index (χ2n) is 7.76. The molecule has 0 aliphatic carbocycles. The van der Waals surface area contributed by atoms with Crippen molar-refractivity contribution in [2.75, 3.05) is 32.0 Å². The van der Waals surface area contributed by atoms with Crippen LogP contribution in [-0.2, 0) is 11.3 Å². The molecular formula is C24H34N4O3. The number of nitrogen functional groups attached to an aromatic ring is 1. The molecule has 2 aromatic carbocycles. The Balaban J connectivity index is 1.73. The van der Waals surface area contributed by atoms with E-state index in [0.29, 0.717) is 44.0 Å². The van der Waals surface area contributed by atoms with Crippen LogP contribution < -0.4 is 21.5 Å². The van der Waals surface area contributed by atoms with Crippen LogP contribution in [0.4, 0.5) is 5.69 Å². The van der Waals surface area contributed by atoms with E-state index in [1.165, 1.54) is 0 Å². The van der Waals surface area contributed by atoms with E-state index in [2.05, 4.69) is 5.32 Å². The monoisotopic (exact) mass is 426 g/mol. The number of hydrogen-bond donors (Lipinski definition) is 3. The average Bonchev–Trinajstić information content (AvgIpc) is 2.77. The molecule has 7 heteroatoms. The van der Waals surface area contributed by atoms with Gasteiger partial charge in [0.25, 0.3) is 5.91 Å². The van der Waals surface area contributed by atoms with E-state index < -0.39 is 0 Å². The molecule has 0 radical (unpaired) electrons. The average molecular weight is 427 g/mol. The summed E-state index contributed by atoms with van der Waals surface area (Å²) in [4.78, 5) is 26.5. The van der Waals surface area contributed by atoms with Gasteiger partial charge in [0, 0.05) is 36.8 Å². The summed E-state index contributed by atoms with van der Waals surface area (Å²) in [5.74, 6) is 0.672. The first kappa shape index (κ1) is 24.2. The first-order valence-corrected chi connectivity index (χ1v) is 10.7. The number of carbonyl (C=O) groups is 2. The molecule has 0 bridgehead atoms. The number of nitrogens with one attached hydrogen (secondary N) is 1. The van der Waals surface area contributed by atoms with E-state index in [0.717, 1.165) is 24.2 Å². The lowest BCUT2D eigenvalue weighted by molar-refractivity contribution is -0.134. The largest absolute Gasteiger partial charge is 0.492 e. The number of anilines is 1. The summed E-state index contributed by atoms with van der Waals surface area (Å²) < 4.78 is 5.78. The second kappa shape index (κ2) is 12.6. The molecule has 0 saturated carbocycles. The van der Waals surface area contributed by atoms with Crippen molar-refractivity contribution in [3.8, 4) is 5.75 Å². The predicted octanol–water partition coefficient (Wildman–Crippen LogP) is 2.80. The van der Waals surface area contributed by atoms with Gasteiger partial charge in [0.05, 0.1) is 6.54 Å². The Bertz CT molecular complexity index is 820. The smallest absolute Gasteiger partial charge is 0.251 e. The highest BCUT2D eigenvalue weighted by Gasteiger charge is 2.16. The van der Waals surface area contributed by atoms with Crippen molar-refractivity contribution in [1.82, 2.24) is 10.2 Å². The Kier molecular flexibility index (Phi) is 9.84. The summed E-state index contributed by atoms with van der Waals surface area (Å²) in [6.07, 6.45) is 1.58. The standard InChI is InChI=1S/C24H34N4O3/c1-18(2)24(30)28(15-16-31-22-11-5-19(17-25)6-12-22)14-4-3-13-27-23(29)20-7-9-21(26)10-8-20/h5-12,18H,3-4,13-17,25-26H2,1-2H3,(H,27,29). The van der Waals surface area contributed by atoms with Crippen LogP contribution in [-0.4, -0.2) is 43.0 Å². The van der Waals surface area contributed by atoms with Crippen LogP contribution in [0.15, 0.2) is 48.5 Å². The highest BCUT2D eigenvalue weighted by molar-refractivity contribution is 5.94. The van der Waals surface area contributed by atoms with Crippen LogP contribution >= 0.6 is 0 Å². The van der Waals surface area contributed by atoms with E-state index in [9.17, 15) is 9.59 Å². The van der Waals surface area contributed by atoms with Crippen molar-refractivity contribution in [1.29, 1.82) is 0 Å². The molecule has 0 heterocycles. The molecule has 0 spiro atoms. The zero-order valence-electron chi connectivity index (χ0n) is 18.5. The van der Waals surface area contributed by atoms with Crippen LogP contribution in [0.3, 0.4) is 0 Å². The summed E-state index contributed by atoms with van der Waals surface area (Å²) in [6, 6.07) is 14.5. The maximum atomic E-state index is 12.5. The highest BCUT2D eigenvalue weighted by atomic mass is 16.5. The first-order chi connectivity index (χ1) is 14.9. The summed E-state index contributed by atoms with van der Waals surface area (Å²) >= 11 is 0. The maximum Gasteiger partial charge on any atom is 0.251 e. The molecule has 0 atom stereocenters. The molecule has 0 aromatic heterocycles. The van der Waals surface area contributed by atoms with Gasteiger partial charge in [0.1, 0.15) is 12.4 Å². The number of ether oxygens (including phenoxy) is 1. The lowest BCUT2D eigenvalue weighted by Gasteiger charge is -2.24. The zero-order valence-corrected chi connectivity index (χ0v) is 18.5. The fraction of sp³-hybridized carbons (Fsp3) is 0.417. The van der Waals surface area contributed by atoms with Gasteiger partial charge in [0.15, 0.2) is 0 Å². The van der Waals surface area contributed by atoms with Crippen molar-refractivity contribution in [2.45, 2.75) is 33.2 Å². The maximum absolute atomic E-state index is 12.5. The Morgan fingerprint density at radius 3 is 2.29 bits per heavy atom. The van der Waals surface area contributed by atoms with Crippen molar-refractivity contribution in [2.24, 2.45) is 11.7 Å². The Hall–Kier alpha value is -3.06. The van der Waals surface area contributed by atoms with Crippen LogP contribution in [0.5, 0.6) is 5.75 Å². The molecule has 7 nitrogen and oxygen atoms in total. The minimum atomic E-state index is -0.121. The van der Waals surface area contributed by atoms with Gasteiger partial charge in [-0.15, -0.1) is 0 Å². The van der Waals surface area contributed by atoms with Gasteiger partial charge in [-0.25, -0.2) is 0 Å². The molecule has 168 valence electrons. The number of nitrogens with zero attached hydrogens (tertiary/aromatic N) is 1.